The minimum atomic E-state index is -0.738. The third-order valence-electron chi connectivity index (χ3n) is 9.57. The number of benzene rings is 2. The van der Waals surface area contributed by atoms with Gasteiger partial charge in [-0.1, -0.05) is 61.2 Å². The van der Waals surface area contributed by atoms with Crippen LogP contribution in [-0.4, -0.2) is 28.7 Å². The number of nitrogens with zero attached hydrogens (tertiary/aromatic N) is 2. The minimum absolute atomic E-state index is 0.256. The molecule has 2 aliphatic heterocycles. The molecule has 2 aliphatic carbocycles. The van der Waals surface area contributed by atoms with Gasteiger partial charge in [0.25, 0.3) is 0 Å². The summed E-state index contributed by atoms with van der Waals surface area (Å²) in [6.45, 7) is 7.23. The van der Waals surface area contributed by atoms with E-state index in [1.165, 1.54) is 9.80 Å². The topological polar surface area (TPSA) is 108 Å². The number of hydrogen-bond donors (Lipinski definition) is 1. The lowest BCUT2D eigenvalue weighted by atomic mass is 9.58. The molecule has 2 saturated heterocycles. The molecule has 43 heavy (non-hydrogen) atoms. The average Bonchev–Trinajstić information content (AvgIpc) is 3.69. The number of anilines is 2. The first-order valence-electron chi connectivity index (χ1n) is 14.5. The highest BCUT2D eigenvalue weighted by Gasteiger charge is 2.62. The van der Waals surface area contributed by atoms with Gasteiger partial charge in [0.05, 0.1) is 41.0 Å². The number of furan rings is 1. The molecule has 1 N–H and O–H groups in total. The van der Waals surface area contributed by atoms with E-state index in [4.69, 9.17) is 4.42 Å². The fraction of sp³-hybridized carbons (Fsp3) is 0.257. The van der Waals surface area contributed by atoms with E-state index in [0.29, 0.717) is 29.3 Å². The summed E-state index contributed by atoms with van der Waals surface area (Å²) in [6, 6.07) is 17.6. The molecule has 4 aliphatic rings. The summed E-state index contributed by atoms with van der Waals surface area (Å²) in [6.07, 6.45) is 5.98. The Morgan fingerprint density at radius 3 is 1.81 bits per heavy atom. The Bertz CT molecular complexity index is 1720. The summed E-state index contributed by atoms with van der Waals surface area (Å²) < 4.78 is 6.00. The van der Waals surface area contributed by atoms with E-state index in [-0.39, 0.29) is 36.7 Å². The number of amides is 4. The van der Waals surface area contributed by atoms with E-state index in [9.17, 15) is 24.3 Å². The van der Waals surface area contributed by atoms with Crippen molar-refractivity contribution in [2.24, 2.45) is 29.6 Å². The zero-order valence-electron chi connectivity index (χ0n) is 23.4. The van der Waals surface area contributed by atoms with Crippen molar-refractivity contribution in [3.05, 3.63) is 108 Å². The summed E-state index contributed by atoms with van der Waals surface area (Å²) in [4.78, 5) is 58.4. The smallest absolute Gasteiger partial charge is 0.238 e. The number of rotatable bonds is 6. The molecule has 0 bridgehead atoms. The molecular weight excluding hydrogens is 544 g/mol. The van der Waals surface area contributed by atoms with Gasteiger partial charge in [-0.3, -0.25) is 29.0 Å². The summed E-state index contributed by atoms with van der Waals surface area (Å²) in [5.74, 6) is -4.09. The maximum Gasteiger partial charge on any atom is 0.238 e. The first-order valence-corrected chi connectivity index (χ1v) is 14.5. The maximum atomic E-state index is 14.1. The number of hydrogen-bond acceptors (Lipinski definition) is 6. The third kappa shape index (κ3) is 4.01. The fourth-order valence-corrected chi connectivity index (χ4v) is 7.58. The van der Waals surface area contributed by atoms with Gasteiger partial charge < -0.3 is 9.52 Å². The van der Waals surface area contributed by atoms with Crippen LogP contribution in [0.3, 0.4) is 0 Å². The van der Waals surface area contributed by atoms with Crippen molar-refractivity contribution >= 4 is 47.2 Å². The van der Waals surface area contributed by atoms with Crippen LogP contribution >= 0.6 is 0 Å². The fourth-order valence-electron chi connectivity index (χ4n) is 7.58. The van der Waals surface area contributed by atoms with Crippen molar-refractivity contribution in [3.8, 4) is 0 Å². The van der Waals surface area contributed by atoms with Crippen molar-refractivity contribution < 1.29 is 28.7 Å². The van der Waals surface area contributed by atoms with Crippen LogP contribution in [0.15, 0.2) is 89.9 Å². The van der Waals surface area contributed by atoms with E-state index in [1.54, 1.807) is 60.7 Å². The van der Waals surface area contributed by atoms with Gasteiger partial charge in [0.2, 0.25) is 23.6 Å². The molecule has 0 radical (unpaired) electrons. The molecule has 8 heteroatoms. The van der Waals surface area contributed by atoms with E-state index >= 15 is 0 Å². The number of allylic oxidation sites excluding steroid dienone is 2. The van der Waals surface area contributed by atoms with Gasteiger partial charge in [0.1, 0.15) is 18.1 Å². The second kappa shape index (κ2) is 10.2. The number of imide groups is 2. The predicted octanol–water partition coefficient (Wildman–Crippen LogP) is 5.10. The van der Waals surface area contributed by atoms with E-state index in [1.807, 2.05) is 18.2 Å². The molecule has 4 amide bonds. The van der Waals surface area contributed by atoms with Crippen molar-refractivity contribution in [3.63, 3.8) is 0 Å². The quantitative estimate of drug-likeness (QED) is 0.324. The number of carbonyl (C=O) groups excluding carboxylic acids is 4. The summed E-state index contributed by atoms with van der Waals surface area (Å²) >= 11 is 0. The highest BCUT2D eigenvalue weighted by molar-refractivity contribution is 6.24. The Kier molecular flexibility index (Phi) is 6.39. The van der Waals surface area contributed by atoms with E-state index in [0.717, 1.165) is 16.7 Å². The minimum Gasteiger partial charge on any atom is -0.463 e. The lowest BCUT2D eigenvalue weighted by Gasteiger charge is -2.43. The normalized spacial score (nSPS) is 28.0. The molecule has 3 aromatic rings. The molecule has 2 aromatic carbocycles. The zero-order chi connectivity index (χ0) is 30.0. The van der Waals surface area contributed by atoms with Crippen molar-refractivity contribution in [2.45, 2.75) is 25.4 Å². The largest absolute Gasteiger partial charge is 0.463 e. The molecule has 0 unspecified atom stereocenters. The van der Waals surface area contributed by atoms with Crippen LogP contribution in [-0.2, 0) is 25.8 Å². The van der Waals surface area contributed by atoms with Gasteiger partial charge >= 0.3 is 0 Å². The SMILES string of the molecule is C=Cc1ccc(N2C(=O)[C@H]3[C@H](CC=C4[C@H]3C[C@H]3C(=O)N(c5ccc(C=C)cc5)C(=O)[C@H]3[C@H]4c3ccc(CO)o3)C2=O)cc1. The van der Waals surface area contributed by atoms with Crippen molar-refractivity contribution in [1.82, 2.24) is 0 Å². The second-order valence-electron chi connectivity index (χ2n) is 11.6. The van der Waals surface area contributed by atoms with Gasteiger partial charge in [0.15, 0.2) is 0 Å². The monoisotopic (exact) mass is 574 g/mol. The van der Waals surface area contributed by atoms with Gasteiger partial charge in [-0.2, -0.15) is 0 Å². The van der Waals surface area contributed by atoms with Crippen LogP contribution in [0.4, 0.5) is 11.4 Å². The Hall–Kier alpha value is -4.82. The number of fused-ring (bicyclic) bond motifs is 4. The summed E-state index contributed by atoms with van der Waals surface area (Å²) in [7, 11) is 0. The van der Waals surface area contributed by atoms with E-state index in [2.05, 4.69) is 13.2 Å². The first-order chi connectivity index (χ1) is 20.9. The molecule has 1 aromatic heterocycles. The standard InChI is InChI=1S/C35H30N2O6/c1-3-19-5-9-21(10-6-19)36-32(39)25-15-14-24-26(29(25)34(36)41)17-27-31(30(24)28-16-13-23(18-38)43-28)35(42)37(33(27)40)22-11-7-20(4-2)8-12-22/h3-14,16,25-27,29-31,38H,1-2,15,17-18H2/t25-,26+,27+,29-,30+,31+/m0/s1. The molecule has 3 heterocycles. The zero-order valence-corrected chi connectivity index (χ0v) is 23.4. The van der Waals surface area contributed by atoms with Crippen LogP contribution in [0.5, 0.6) is 0 Å². The number of carbonyl (C=O) groups is 4. The highest BCUT2D eigenvalue weighted by atomic mass is 16.4. The third-order valence-corrected chi connectivity index (χ3v) is 9.57. The predicted molar refractivity (Wildman–Crippen MR) is 160 cm³/mol. The van der Waals surface area contributed by atoms with Crippen LogP contribution in [0.25, 0.3) is 12.2 Å². The average molecular weight is 575 g/mol. The van der Waals surface area contributed by atoms with Gasteiger partial charge in [-0.25, -0.2) is 0 Å². The Labute approximate surface area is 248 Å². The Morgan fingerprint density at radius 1 is 0.721 bits per heavy atom. The molecule has 1 saturated carbocycles. The lowest BCUT2D eigenvalue weighted by molar-refractivity contribution is -0.126. The lowest BCUT2D eigenvalue weighted by Crippen LogP contribution is -2.43. The Morgan fingerprint density at radius 2 is 1.28 bits per heavy atom. The van der Waals surface area contributed by atoms with E-state index < -0.39 is 35.5 Å². The number of aliphatic hydroxyl groups is 1. The first kappa shape index (κ1) is 27.0. The second-order valence-corrected chi connectivity index (χ2v) is 11.6. The molecule has 8 nitrogen and oxygen atoms in total. The maximum absolute atomic E-state index is 14.1. The number of aliphatic hydroxyl groups excluding tert-OH is 1. The summed E-state index contributed by atoms with van der Waals surface area (Å²) in [5, 5.41) is 9.72. The van der Waals surface area contributed by atoms with Crippen LogP contribution in [0, 0.1) is 29.6 Å². The molecule has 0 spiro atoms. The van der Waals surface area contributed by atoms with Gasteiger partial charge in [-0.05, 0) is 66.3 Å². The van der Waals surface area contributed by atoms with Crippen molar-refractivity contribution in [2.75, 3.05) is 9.80 Å². The highest BCUT2D eigenvalue weighted by Crippen LogP contribution is 2.58. The molecule has 216 valence electrons. The van der Waals surface area contributed by atoms with Crippen molar-refractivity contribution in [1.29, 1.82) is 0 Å². The van der Waals surface area contributed by atoms with Crippen LogP contribution in [0.2, 0.25) is 0 Å². The molecule has 6 atom stereocenters. The van der Waals surface area contributed by atoms with Crippen LogP contribution in [0.1, 0.15) is 41.4 Å². The van der Waals surface area contributed by atoms with Crippen LogP contribution < -0.4 is 9.80 Å². The summed E-state index contributed by atoms with van der Waals surface area (Å²) in [5.41, 5.74) is 3.55. The molecular formula is C35H30N2O6. The van der Waals surface area contributed by atoms with Gasteiger partial charge in [0, 0.05) is 0 Å². The molecule has 7 rings (SSSR count). The van der Waals surface area contributed by atoms with Gasteiger partial charge in [-0.15, -0.1) is 0 Å². The molecule has 3 fully saturated rings. The Balaban J connectivity index is 1.30.